The Hall–Kier alpha value is -3.94. The number of methoxy groups -OCH3 is 2. The van der Waals surface area contributed by atoms with E-state index in [4.69, 9.17) is 24.0 Å². The first kappa shape index (κ1) is 22.8. The number of nitrogens with one attached hydrogen (secondary N) is 2. The van der Waals surface area contributed by atoms with E-state index >= 15 is 0 Å². The molecule has 0 bridgehead atoms. The second-order valence-corrected chi connectivity index (χ2v) is 8.80. The van der Waals surface area contributed by atoms with E-state index in [0.717, 1.165) is 42.8 Å². The Bertz CT molecular complexity index is 1300. The molecule has 4 aromatic rings. The second kappa shape index (κ2) is 10.1. The number of hydrogen-bond acceptors (Lipinski definition) is 7. The maximum atomic E-state index is 7.70. The van der Waals surface area contributed by atoms with Crippen LogP contribution in [0.3, 0.4) is 0 Å². The van der Waals surface area contributed by atoms with Crippen molar-refractivity contribution in [2.45, 2.75) is 19.3 Å². The molecule has 2 aromatic carbocycles. The lowest BCUT2D eigenvalue weighted by atomic mass is 9.98. The largest absolute Gasteiger partial charge is 0.496 e. The predicted molar refractivity (Wildman–Crippen MR) is 136 cm³/mol. The van der Waals surface area contributed by atoms with Gasteiger partial charge >= 0.3 is 0 Å². The summed E-state index contributed by atoms with van der Waals surface area (Å²) in [6.07, 6.45) is 4.28. The summed E-state index contributed by atoms with van der Waals surface area (Å²) in [4.78, 5) is 9.98. The van der Waals surface area contributed by atoms with Crippen LogP contribution in [0.4, 0.5) is 5.69 Å². The highest BCUT2D eigenvalue weighted by molar-refractivity contribution is 5.89. The number of ether oxygens (including phenoxy) is 3. The Balaban J connectivity index is 1.34. The highest BCUT2D eigenvalue weighted by atomic mass is 16.5. The third kappa shape index (κ3) is 5.11. The van der Waals surface area contributed by atoms with Gasteiger partial charge in [0.15, 0.2) is 11.7 Å². The number of aromatic nitrogens is 2. The lowest BCUT2D eigenvalue weighted by Crippen LogP contribution is -2.37. The Labute approximate surface area is 204 Å². The minimum atomic E-state index is 0.143. The highest BCUT2D eigenvalue weighted by Gasteiger charge is 2.22. The van der Waals surface area contributed by atoms with Crippen LogP contribution >= 0.6 is 0 Å². The minimum absolute atomic E-state index is 0.143. The van der Waals surface area contributed by atoms with Crippen molar-refractivity contribution < 1.29 is 18.6 Å². The summed E-state index contributed by atoms with van der Waals surface area (Å²) in [7, 11) is 3.12. The molecule has 1 atom stereocenters. The first-order chi connectivity index (χ1) is 17.1. The lowest BCUT2D eigenvalue weighted by molar-refractivity contribution is 0.230. The quantitative estimate of drug-likeness (QED) is 0.266. The van der Waals surface area contributed by atoms with Gasteiger partial charge in [-0.1, -0.05) is 18.2 Å². The SMILES string of the molecule is COC(=N)Cc1ncc(-c2cc3c(OCC4CCCN(c5ccccc5)C4)cc(OC)cc3o2)[nH]1. The summed E-state index contributed by atoms with van der Waals surface area (Å²) < 4.78 is 22.9. The van der Waals surface area contributed by atoms with Gasteiger partial charge in [0.05, 0.1) is 38.8 Å². The minimum Gasteiger partial charge on any atom is -0.496 e. The Morgan fingerprint density at radius 1 is 1.20 bits per heavy atom. The van der Waals surface area contributed by atoms with Crippen molar-refractivity contribution in [3.05, 3.63) is 60.6 Å². The number of aromatic amines is 1. The molecule has 0 radical (unpaired) electrons. The molecule has 0 aliphatic carbocycles. The molecule has 2 N–H and O–H groups in total. The van der Waals surface area contributed by atoms with Gasteiger partial charge in [0.25, 0.3) is 0 Å². The van der Waals surface area contributed by atoms with E-state index in [1.54, 1.807) is 13.3 Å². The van der Waals surface area contributed by atoms with Gasteiger partial charge in [0.1, 0.15) is 28.6 Å². The zero-order valence-electron chi connectivity index (χ0n) is 20.0. The van der Waals surface area contributed by atoms with Gasteiger partial charge in [-0.3, -0.25) is 5.41 Å². The van der Waals surface area contributed by atoms with Crippen LogP contribution in [0.2, 0.25) is 0 Å². The average molecular weight is 475 g/mol. The van der Waals surface area contributed by atoms with E-state index in [-0.39, 0.29) is 5.90 Å². The molecule has 35 heavy (non-hydrogen) atoms. The summed E-state index contributed by atoms with van der Waals surface area (Å²) in [5, 5.41) is 8.59. The van der Waals surface area contributed by atoms with E-state index in [0.29, 0.717) is 41.9 Å². The summed E-state index contributed by atoms with van der Waals surface area (Å²) in [5.74, 6) is 3.29. The number of imidazole rings is 1. The van der Waals surface area contributed by atoms with Crippen molar-refractivity contribution in [3.63, 3.8) is 0 Å². The molecule has 2 aromatic heterocycles. The van der Waals surface area contributed by atoms with Crippen molar-refractivity contribution in [3.8, 4) is 23.0 Å². The van der Waals surface area contributed by atoms with Crippen LogP contribution in [0.1, 0.15) is 18.7 Å². The van der Waals surface area contributed by atoms with Crippen molar-refractivity contribution >= 4 is 22.6 Å². The Kier molecular flexibility index (Phi) is 6.61. The van der Waals surface area contributed by atoms with Crippen molar-refractivity contribution in [2.24, 2.45) is 5.92 Å². The molecule has 1 aliphatic rings. The number of rotatable bonds is 8. The van der Waals surface area contributed by atoms with Crippen molar-refractivity contribution in [1.29, 1.82) is 5.41 Å². The third-order valence-electron chi connectivity index (χ3n) is 6.39. The number of piperidine rings is 1. The molecular formula is C27H30N4O4. The standard InChI is InChI=1S/C27H30N4O4/c1-32-20-11-23(34-17-18-7-6-10-31(16-18)19-8-4-3-5-9-19)21-13-25(35-24(21)12-20)22-15-29-27(30-22)14-26(28)33-2/h3-5,8-9,11-13,15,18,28H,6-7,10,14,16-17H2,1-2H3,(H,29,30). The highest BCUT2D eigenvalue weighted by Crippen LogP contribution is 2.37. The third-order valence-corrected chi connectivity index (χ3v) is 6.39. The molecule has 1 aliphatic heterocycles. The normalized spacial score (nSPS) is 15.8. The van der Waals surface area contributed by atoms with Gasteiger partial charge in [0, 0.05) is 36.8 Å². The molecule has 1 fully saturated rings. The maximum Gasteiger partial charge on any atom is 0.187 e. The predicted octanol–water partition coefficient (Wildman–Crippen LogP) is 5.29. The van der Waals surface area contributed by atoms with E-state index in [2.05, 4.69) is 45.2 Å². The number of anilines is 1. The second-order valence-electron chi connectivity index (χ2n) is 8.80. The molecule has 1 saturated heterocycles. The topological polar surface area (TPSA) is 96.6 Å². The van der Waals surface area contributed by atoms with Crippen LogP contribution in [0, 0.1) is 11.3 Å². The fraction of sp³-hybridized carbons (Fsp3) is 0.333. The smallest absolute Gasteiger partial charge is 0.187 e. The van der Waals surface area contributed by atoms with Crippen LogP contribution in [0.25, 0.3) is 22.4 Å². The lowest BCUT2D eigenvalue weighted by Gasteiger charge is -2.34. The van der Waals surface area contributed by atoms with Gasteiger partial charge in [-0.25, -0.2) is 4.98 Å². The fourth-order valence-electron chi connectivity index (χ4n) is 4.54. The first-order valence-corrected chi connectivity index (χ1v) is 11.8. The number of H-pyrrole nitrogens is 1. The summed E-state index contributed by atoms with van der Waals surface area (Å²) in [6.45, 7) is 2.67. The van der Waals surface area contributed by atoms with Gasteiger partial charge in [-0.15, -0.1) is 0 Å². The van der Waals surface area contributed by atoms with Crippen LogP contribution in [0.5, 0.6) is 11.5 Å². The van der Waals surface area contributed by atoms with Crippen LogP contribution in [-0.4, -0.2) is 49.8 Å². The fourth-order valence-corrected chi connectivity index (χ4v) is 4.54. The average Bonchev–Trinajstić information content (AvgIpc) is 3.54. The monoisotopic (exact) mass is 474 g/mol. The first-order valence-electron chi connectivity index (χ1n) is 11.8. The van der Waals surface area contributed by atoms with Gasteiger partial charge in [-0.05, 0) is 31.0 Å². The Morgan fingerprint density at radius 3 is 2.86 bits per heavy atom. The zero-order valence-corrected chi connectivity index (χ0v) is 20.0. The zero-order chi connectivity index (χ0) is 24.2. The molecule has 0 amide bonds. The van der Waals surface area contributed by atoms with Gasteiger partial charge in [-0.2, -0.15) is 0 Å². The molecule has 3 heterocycles. The summed E-state index contributed by atoms with van der Waals surface area (Å²) >= 11 is 0. The molecule has 5 rings (SSSR count). The van der Waals surface area contributed by atoms with E-state index in [9.17, 15) is 0 Å². The number of hydrogen-bond donors (Lipinski definition) is 2. The van der Waals surface area contributed by atoms with E-state index in [1.807, 2.05) is 18.2 Å². The molecule has 182 valence electrons. The van der Waals surface area contributed by atoms with E-state index in [1.165, 1.54) is 12.8 Å². The maximum absolute atomic E-state index is 7.70. The Morgan fingerprint density at radius 2 is 2.06 bits per heavy atom. The number of nitrogens with zero attached hydrogens (tertiary/aromatic N) is 2. The molecule has 1 unspecified atom stereocenters. The number of para-hydroxylation sites is 1. The summed E-state index contributed by atoms with van der Waals surface area (Å²) in [5.41, 5.74) is 2.68. The molecule has 8 nitrogen and oxygen atoms in total. The van der Waals surface area contributed by atoms with Gasteiger partial charge in [0.2, 0.25) is 0 Å². The van der Waals surface area contributed by atoms with Crippen LogP contribution in [-0.2, 0) is 11.2 Å². The number of furan rings is 1. The van der Waals surface area contributed by atoms with Crippen LogP contribution in [0.15, 0.2) is 59.1 Å². The van der Waals surface area contributed by atoms with Crippen molar-refractivity contribution in [2.75, 3.05) is 38.8 Å². The number of fused-ring (bicyclic) bond motifs is 1. The van der Waals surface area contributed by atoms with E-state index < -0.39 is 0 Å². The summed E-state index contributed by atoms with van der Waals surface area (Å²) in [6, 6.07) is 16.3. The van der Waals surface area contributed by atoms with Gasteiger partial charge < -0.3 is 28.5 Å². The molecule has 8 heteroatoms. The molecule has 0 saturated carbocycles. The molecule has 0 spiro atoms. The molecular weight excluding hydrogens is 444 g/mol. The number of benzene rings is 2. The van der Waals surface area contributed by atoms with Crippen molar-refractivity contribution in [1.82, 2.24) is 9.97 Å². The van der Waals surface area contributed by atoms with Crippen LogP contribution < -0.4 is 14.4 Å².